The second kappa shape index (κ2) is 5.52. The standard InChI is InChI=1S/C12H17N/c1-3-5-11(2)7-8-12-6-4-9-13-10-12/h4,6-11H,3,5H2,1-2H3/b8-7+. The van der Waals surface area contributed by atoms with Crippen LogP contribution in [0.2, 0.25) is 0 Å². The highest BCUT2D eigenvalue weighted by atomic mass is 14.6. The lowest BCUT2D eigenvalue weighted by atomic mass is 10.1. The van der Waals surface area contributed by atoms with Crippen LogP contribution in [0.1, 0.15) is 32.3 Å². The Morgan fingerprint density at radius 1 is 1.54 bits per heavy atom. The lowest BCUT2D eigenvalue weighted by Gasteiger charge is -2.01. The third kappa shape index (κ3) is 3.88. The van der Waals surface area contributed by atoms with Gasteiger partial charge >= 0.3 is 0 Å². The van der Waals surface area contributed by atoms with Crippen molar-refractivity contribution in [1.29, 1.82) is 0 Å². The zero-order valence-electron chi connectivity index (χ0n) is 8.40. The first-order chi connectivity index (χ1) is 6.33. The van der Waals surface area contributed by atoms with E-state index in [1.165, 1.54) is 18.4 Å². The maximum atomic E-state index is 4.06. The van der Waals surface area contributed by atoms with Crippen molar-refractivity contribution in [2.75, 3.05) is 0 Å². The largest absolute Gasteiger partial charge is 0.264 e. The van der Waals surface area contributed by atoms with E-state index in [0.717, 1.165) is 0 Å². The molecule has 0 aliphatic heterocycles. The minimum Gasteiger partial charge on any atom is -0.264 e. The van der Waals surface area contributed by atoms with Crippen molar-refractivity contribution in [2.24, 2.45) is 5.92 Å². The molecule has 0 aromatic carbocycles. The first-order valence-corrected chi connectivity index (χ1v) is 4.91. The lowest BCUT2D eigenvalue weighted by Crippen LogP contribution is -1.86. The van der Waals surface area contributed by atoms with Crippen molar-refractivity contribution in [2.45, 2.75) is 26.7 Å². The second-order valence-electron chi connectivity index (χ2n) is 3.41. The highest BCUT2D eigenvalue weighted by Crippen LogP contribution is 2.09. The molecule has 1 nitrogen and oxygen atoms in total. The van der Waals surface area contributed by atoms with Crippen LogP contribution in [0.5, 0.6) is 0 Å². The molecule has 13 heavy (non-hydrogen) atoms. The summed E-state index contributed by atoms with van der Waals surface area (Å²) in [6.45, 7) is 4.46. The Bertz CT molecular complexity index is 251. The van der Waals surface area contributed by atoms with Gasteiger partial charge in [0.2, 0.25) is 0 Å². The number of allylic oxidation sites excluding steroid dienone is 1. The topological polar surface area (TPSA) is 12.9 Å². The Morgan fingerprint density at radius 2 is 2.38 bits per heavy atom. The van der Waals surface area contributed by atoms with Gasteiger partial charge in [0.05, 0.1) is 0 Å². The number of aromatic nitrogens is 1. The molecule has 0 N–H and O–H groups in total. The molecule has 0 saturated carbocycles. The number of hydrogen-bond acceptors (Lipinski definition) is 1. The summed E-state index contributed by atoms with van der Waals surface area (Å²) < 4.78 is 0. The smallest absolute Gasteiger partial charge is 0.0340 e. The summed E-state index contributed by atoms with van der Waals surface area (Å²) in [5.41, 5.74) is 1.19. The fourth-order valence-corrected chi connectivity index (χ4v) is 1.30. The molecule has 0 aliphatic rings. The highest BCUT2D eigenvalue weighted by Gasteiger charge is 1.93. The van der Waals surface area contributed by atoms with Gasteiger partial charge < -0.3 is 0 Å². The van der Waals surface area contributed by atoms with Crippen molar-refractivity contribution in [1.82, 2.24) is 4.98 Å². The molecule has 1 rings (SSSR count). The Labute approximate surface area is 80.5 Å². The Morgan fingerprint density at radius 3 is 3.00 bits per heavy atom. The van der Waals surface area contributed by atoms with Crippen LogP contribution in [0.3, 0.4) is 0 Å². The fourth-order valence-electron chi connectivity index (χ4n) is 1.30. The van der Waals surface area contributed by atoms with E-state index in [1.54, 1.807) is 6.20 Å². The molecule has 70 valence electrons. The first kappa shape index (κ1) is 9.97. The molecule has 0 radical (unpaired) electrons. The SMILES string of the molecule is CCCC(C)/C=C/c1cccnc1. The van der Waals surface area contributed by atoms with Gasteiger partial charge in [0.1, 0.15) is 0 Å². The quantitative estimate of drug-likeness (QED) is 0.682. The molecule has 0 fully saturated rings. The molecule has 1 atom stereocenters. The molecule has 1 aromatic rings. The zero-order chi connectivity index (χ0) is 9.52. The van der Waals surface area contributed by atoms with Crippen molar-refractivity contribution in [3.05, 3.63) is 36.2 Å². The average molecular weight is 175 g/mol. The molecule has 0 spiro atoms. The molecule has 1 unspecified atom stereocenters. The lowest BCUT2D eigenvalue weighted by molar-refractivity contribution is 0.636. The maximum Gasteiger partial charge on any atom is 0.0340 e. The monoisotopic (exact) mass is 175 g/mol. The number of nitrogens with zero attached hydrogens (tertiary/aromatic N) is 1. The van der Waals surface area contributed by atoms with E-state index in [1.807, 2.05) is 12.3 Å². The second-order valence-corrected chi connectivity index (χ2v) is 3.41. The first-order valence-electron chi connectivity index (χ1n) is 4.91. The average Bonchev–Trinajstić information content (AvgIpc) is 2.17. The van der Waals surface area contributed by atoms with Crippen LogP contribution >= 0.6 is 0 Å². The number of pyridine rings is 1. The van der Waals surface area contributed by atoms with E-state index in [-0.39, 0.29) is 0 Å². The Balaban J connectivity index is 2.49. The molecular formula is C12H17N. The van der Waals surface area contributed by atoms with Crippen LogP contribution in [0.15, 0.2) is 30.6 Å². The maximum absolute atomic E-state index is 4.06. The summed E-state index contributed by atoms with van der Waals surface area (Å²) in [6, 6.07) is 4.03. The predicted octanol–water partition coefficient (Wildman–Crippen LogP) is 3.53. The van der Waals surface area contributed by atoms with Crippen LogP contribution in [-0.2, 0) is 0 Å². The normalized spacial score (nSPS) is 13.4. The van der Waals surface area contributed by atoms with Gasteiger partial charge in [-0.2, -0.15) is 0 Å². The van der Waals surface area contributed by atoms with Crippen LogP contribution in [-0.4, -0.2) is 4.98 Å². The third-order valence-electron chi connectivity index (χ3n) is 2.05. The highest BCUT2D eigenvalue weighted by molar-refractivity contribution is 5.47. The van der Waals surface area contributed by atoms with Crippen LogP contribution < -0.4 is 0 Å². The Kier molecular flexibility index (Phi) is 4.24. The van der Waals surface area contributed by atoms with Crippen LogP contribution in [0.4, 0.5) is 0 Å². The summed E-state index contributed by atoms with van der Waals surface area (Å²) in [6.07, 6.45) is 10.6. The summed E-state index contributed by atoms with van der Waals surface area (Å²) >= 11 is 0. The van der Waals surface area contributed by atoms with Gasteiger partial charge in [-0.05, 0) is 24.0 Å². The molecule has 1 heteroatoms. The molecule has 0 amide bonds. The van der Waals surface area contributed by atoms with Gasteiger partial charge in [0, 0.05) is 12.4 Å². The zero-order valence-corrected chi connectivity index (χ0v) is 8.40. The van der Waals surface area contributed by atoms with Gasteiger partial charge in [-0.1, -0.05) is 38.5 Å². The third-order valence-corrected chi connectivity index (χ3v) is 2.05. The minimum atomic E-state index is 0.671. The van der Waals surface area contributed by atoms with E-state index in [4.69, 9.17) is 0 Å². The number of rotatable bonds is 4. The van der Waals surface area contributed by atoms with Crippen LogP contribution in [0.25, 0.3) is 6.08 Å². The number of hydrogen-bond donors (Lipinski definition) is 0. The Hall–Kier alpha value is -1.11. The fraction of sp³-hybridized carbons (Fsp3) is 0.417. The van der Waals surface area contributed by atoms with E-state index in [9.17, 15) is 0 Å². The van der Waals surface area contributed by atoms with E-state index in [0.29, 0.717) is 5.92 Å². The molecule has 0 saturated heterocycles. The summed E-state index contributed by atoms with van der Waals surface area (Å²) in [7, 11) is 0. The molecule has 0 bridgehead atoms. The summed E-state index contributed by atoms with van der Waals surface area (Å²) in [4.78, 5) is 4.06. The molecule has 0 aliphatic carbocycles. The van der Waals surface area contributed by atoms with E-state index >= 15 is 0 Å². The van der Waals surface area contributed by atoms with Gasteiger partial charge in [-0.25, -0.2) is 0 Å². The van der Waals surface area contributed by atoms with E-state index in [2.05, 4.69) is 37.0 Å². The van der Waals surface area contributed by atoms with Gasteiger partial charge in [-0.3, -0.25) is 4.98 Å². The molecular weight excluding hydrogens is 158 g/mol. The summed E-state index contributed by atoms with van der Waals surface area (Å²) in [5.74, 6) is 0.671. The van der Waals surface area contributed by atoms with Gasteiger partial charge in [0.25, 0.3) is 0 Å². The van der Waals surface area contributed by atoms with Gasteiger partial charge in [-0.15, -0.1) is 0 Å². The minimum absolute atomic E-state index is 0.671. The van der Waals surface area contributed by atoms with Crippen LogP contribution in [0, 0.1) is 5.92 Å². The van der Waals surface area contributed by atoms with Crippen molar-refractivity contribution >= 4 is 6.08 Å². The molecule has 1 aromatic heterocycles. The van der Waals surface area contributed by atoms with Crippen molar-refractivity contribution in [3.8, 4) is 0 Å². The van der Waals surface area contributed by atoms with E-state index < -0.39 is 0 Å². The van der Waals surface area contributed by atoms with Gasteiger partial charge in [0.15, 0.2) is 0 Å². The molecule has 1 heterocycles. The van der Waals surface area contributed by atoms with Crippen molar-refractivity contribution in [3.63, 3.8) is 0 Å². The summed E-state index contributed by atoms with van der Waals surface area (Å²) in [5, 5.41) is 0. The predicted molar refractivity (Wildman–Crippen MR) is 57.3 cm³/mol. The van der Waals surface area contributed by atoms with Crippen molar-refractivity contribution < 1.29 is 0 Å².